The topological polar surface area (TPSA) is 77.8 Å². The molecule has 0 aromatic heterocycles. The van der Waals surface area contributed by atoms with Crippen molar-refractivity contribution in [3.05, 3.63) is 0 Å². The molecule has 0 amide bonds. The summed E-state index contributed by atoms with van der Waals surface area (Å²) in [5, 5.41) is 30.8. The third-order valence-electron chi connectivity index (χ3n) is 10.3. The molecule has 4 aliphatic rings. The lowest BCUT2D eigenvalue weighted by molar-refractivity contribution is -0.175. The maximum atomic E-state index is 11.5. The summed E-state index contributed by atoms with van der Waals surface area (Å²) in [6, 6.07) is 0. The molecular formula is C24H40O4. The molecule has 4 nitrogen and oxygen atoms in total. The van der Waals surface area contributed by atoms with Gasteiger partial charge in [-0.25, -0.2) is 0 Å². The van der Waals surface area contributed by atoms with E-state index in [1.54, 1.807) is 0 Å². The SMILES string of the molecule is C[C@H](CCC(=O)O)[C@@H]1CC[C@@H]2[C@@H]3CC[C@@H]4C[C@@H](O)CC[C@]4(C)[C@H]3C[C@@H](O)[C@@]21C. The first-order valence-corrected chi connectivity index (χ1v) is 11.8. The van der Waals surface area contributed by atoms with Crippen molar-refractivity contribution in [2.75, 3.05) is 0 Å². The van der Waals surface area contributed by atoms with Crippen LogP contribution in [0.3, 0.4) is 0 Å². The second kappa shape index (κ2) is 7.27. The zero-order valence-corrected chi connectivity index (χ0v) is 17.9. The smallest absolute Gasteiger partial charge is 0.303 e. The van der Waals surface area contributed by atoms with Crippen molar-refractivity contribution < 1.29 is 20.1 Å². The molecule has 4 rings (SSSR count). The molecule has 0 spiro atoms. The summed E-state index contributed by atoms with van der Waals surface area (Å²) >= 11 is 0. The minimum Gasteiger partial charge on any atom is -0.481 e. The van der Waals surface area contributed by atoms with E-state index >= 15 is 0 Å². The van der Waals surface area contributed by atoms with Gasteiger partial charge in [-0.3, -0.25) is 4.79 Å². The second-order valence-electron chi connectivity index (χ2n) is 11.3. The maximum absolute atomic E-state index is 11.5. The number of hydrogen-bond acceptors (Lipinski definition) is 3. The van der Waals surface area contributed by atoms with Gasteiger partial charge in [-0.2, -0.15) is 0 Å². The molecule has 0 aromatic rings. The standard InChI is InChI=1S/C24H40O4/c1-14(4-9-22(27)28)18-7-8-19-17-6-5-15-12-16(25)10-11-23(15,2)20(17)13-21(26)24(18,19)3/h14-21,25-26H,4-13H2,1-3H3,(H,27,28)/t14-,15-,16+,17+,18+,19-,20+,21-,23+,24-/m1/s1. The van der Waals surface area contributed by atoms with Crippen molar-refractivity contribution in [1.29, 1.82) is 0 Å². The Morgan fingerprint density at radius 3 is 2.50 bits per heavy atom. The molecule has 0 heterocycles. The average Bonchev–Trinajstić information content (AvgIpc) is 3.00. The number of rotatable bonds is 4. The Bertz CT molecular complexity index is 605. The van der Waals surface area contributed by atoms with Crippen molar-refractivity contribution in [3.63, 3.8) is 0 Å². The van der Waals surface area contributed by atoms with Crippen molar-refractivity contribution in [2.45, 2.75) is 97.2 Å². The number of carboxylic acids is 1. The van der Waals surface area contributed by atoms with Crippen molar-refractivity contribution in [3.8, 4) is 0 Å². The van der Waals surface area contributed by atoms with E-state index in [0.29, 0.717) is 35.5 Å². The summed E-state index contributed by atoms with van der Waals surface area (Å²) in [5.74, 6) is 2.55. The number of carboxylic acid groups (broad SMARTS) is 1. The zero-order valence-electron chi connectivity index (χ0n) is 17.9. The molecule has 28 heavy (non-hydrogen) atoms. The Balaban J connectivity index is 1.56. The van der Waals surface area contributed by atoms with Crippen molar-refractivity contribution in [1.82, 2.24) is 0 Å². The van der Waals surface area contributed by atoms with Gasteiger partial charge in [0, 0.05) is 6.42 Å². The number of hydrogen-bond donors (Lipinski definition) is 3. The highest BCUT2D eigenvalue weighted by Gasteiger charge is 2.63. The Kier molecular flexibility index (Phi) is 5.36. The molecule has 4 aliphatic carbocycles. The second-order valence-corrected chi connectivity index (χ2v) is 11.3. The molecule has 160 valence electrons. The molecule has 4 heteroatoms. The Morgan fingerprint density at radius 2 is 1.79 bits per heavy atom. The highest BCUT2D eigenvalue weighted by molar-refractivity contribution is 5.66. The van der Waals surface area contributed by atoms with Crippen molar-refractivity contribution >= 4 is 5.97 Å². The molecule has 4 fully saturated rings. The van der Waals surface area contributed by atoms with Crippen LogP contribution in [0.2, 0.25) is 0 Å². The lowest BCUT2D eigenvalue weighted by atomic mass is 9.43. The Labute approximate surface area is 170 Å². The van der Waals surface area contributed by atoms with Gasteiger partial charge in [-0.15, -0.1) is 0 Å². The van der Waals surface area contributed by atoms with Gasteiger partial charge in [-0.1, -0.05) is 20.8 Å². The first-order chi connectivity index (χ1) is 13.2. The lowest BCUT2D eigenvalue weighted by Gasteiger charge is -2.62. The minimum absolute atomic E-state index is 0.0591. The van der Waals surface area contributed by atoms with Crippen molar-refractivity contribution in [2.24, 2.45) is 46.3 Å². The lowest BCUT2D eigenvalue weighted by Crippen LogP contribution is -2.58. The Morgan fingerprint density at radius 1 is 1.04 bits per heavy atom. The molecule has 0 unspecified atom stereocenters. The van der Waals surface area contributed by atoms with Crippen LogP contribution in [-0.2, 0) is 4.79 Å². The van der Waals surface area contributed by atoms with E-state index in [1.807, 2.05) is 0 Å². The van der Waals surface area contributed by atoms with Crippen LogP contribution in [0.4, 0.5) is 0 Å². The molecule has 0 aromatic carbocycles. The normalized spacial score (nSPS) is 51.7. The highest BCUT2D eigenvalue weighted by Crippen LogP contribution is 2.68. The van der Waals surface area contributed by atoms with Gasteiger partial charge in [-0.05, 0) is 104 Å². The summed E-state index contributed by atoms with van der Waals surface area (Å²) < 4.78 is 0. The predicted octanol–water partition coefficient (Wildman–Crippen LogP) is 4.48. The fourth-order valence-electron chi connectivity index (χ4n) is 8.71. The van der Waals surface area contributed by atoms with E-state index < -0.39 is 5.97 Å². The average molecular weight is 393 g/mol. The Hall–Kier alpha value is -0.610. The number of fused-ring (bicyclic) bond motifs is 5. The number of carbonyl (C=O) groups is 1. The summed E-state index contributed by atoms with van der Waals surface area (Å²) in [5.41, 5.74) is 0.216. The molecule has 10 atom stereocenters. The van der Waals surface area contributed by atoms with Gasteiger partial charge in [0.25, 0.3) is 0 Å². The van der Waals surface area contributed by atoms with Crippen LogP contribution < -0.4 is 0 Å². The number of aliphatic hydroxyl groups excluding tert-OH is 2. The molecule has 0 aliphatic heterocycles. The van der Waals surface area contributed by atoms with E-state index in [1.165, 1.54) is 19.3 Å². The van der Waals surface area contributed by atoms with E-state index in [9.17, 15) is 15.0 Å². The third-order valence-corrected chi connectivity index (χ3v) is 10.3. The molecule has 0 radical (unpaired) electrons. The minimum atomic E-state index is -0.707. The summed E-state index contributed by atoms with van der Waals surface area (Å²) in [7, 11) is 0. The fraction of sp³-hybridized carbons (Fsp3) is 0.958. The van der Waals surface area contributed by atoms with Gasteiger partial charge in [0.15, 0.2) is 0 Å². The molecule has 3 N–H and O–H groups in total. The molecule has 4 saturated carbocycles. The van der Waals surface area contributed by atoms with E-state index in [0.717, 1.165) is 38.5 Å². The summed E-state index contributed by atoms with van der Waals surface area (Å²) in [6.45, 7) is 6.99. The molecule has 0 saturated heterocycles. The molecular weight excluding hydrogens is 352 g/mol. The van der Waals surface area contributed by atoms with Crippen LogP contribution in [0.25, 0.3) is 0 Å². The first-order valence-electron chi connectivity index (χ1n) is 11.8. The predicted molar refractivity (Wildman–Crippen MR) is 109 cm³/mol. The molecule has 0 bridgehead atoms. The number of aliphatic carboxylic acids is 1. The van der Waals surface area contributed by atoms with Crippen LogP contribution in [0, 0.1) is 46.3 Å². The van der Waals surface area contributed by atoms with Crippen LogP contribution in [0.1, 0.15) is 85.0 Å². The van der Waals surface area contributed by atoms with Crippen LogP contribution in [-0.4, -0.2) is 33.5 Å². The van der Waals surface area contributed by atoms with E-state index in [2.05, 4.69) is 20.8 Å². The van der Waals surface area contributed by atoms with Crippen LogP contribution in [0.5, 0.6) is 0 Å². The quantitative estimate of drug-likeness (QED) is 0.659. The highest BCUT2D eigenvalue weighted by atomic mass is 16.4. The largest absolute Gasteiger partial charge is 0.481 e. The summed E-state index contributed by atoms with van der Waals surface area (Å²) in [4.78, 5) is 11.1. The third kappa shape index (κ3) is 3.05. The zero-order chi connectivity index (χ0) is 20.3. The maximum Gasteiger partial charge on any atom is 0.303 e. The van der Waals surface area contributed by atoms with Crippen LogP contribution in [0.15, 0.2) is 0 Å². The van der Waals surface area contributed by atoms with Gasteiger partial charge < -0.3 is 15.3 Å². The monoisotopic (exact) mass is 392 g/mol. The van der Waals surface area contributed by atoms with Gasteiger partial charge in [0.05, 0.1) is 12.2 Å². The summed E-state index contributed by atoms with van der Waals surface area (Å²) in [6.07, 6.45) is 9.26. The van der Waals surface area contributed by atoms with Gasteiger partial charge >= 0.3 is 5.97 Å². The van der Waals surface area contributed by atoms with Gasteiger partial charge in [0.1, 0.15) is 0 Å². The van der Waals surface area contributed by atoms with E-state index in [-0.39, 0.29) is 29.5 Å². The first kappa shape index (κ1) is 20.7. The van der Waals surface area contributed by atoms with Crippen LogP contribution >= 0.6 is 0 Å². The van der Waals surface area contributed by atoms with E-state index in [4.69, 9.17) is 5.11 Å². The number of aliphatic hydroxyl groups is 2. The van der Waals surface area contributed by atoms with Gasteiger partial charge in [0.2, 0.25) is 0 Å². The fourth-order valence-corrected chi connectivity index (χ4v) is 8.71.